The normalized spacial score (nSPS) is 10.7. The number of benzene rings is 2. The quantitative estimate of drug-likeness (QED) is 0.310. The zero-order valence-electron chi connectivity index (χ0n) is 19.6. The number of carbonyl (C=O) groups is 1. The van der Waals surface area contributed by atoms with E-state index in [2.05, 4.69) is 20.6 Å². The Balaban J connectivity index is 1.26. The van der Waals surface area contributed by atoms with Crippen LogP contribution < -0.4 is 24.3 Å². The van der Waals surface area contributed by atoms with Gasteiger partial charge in [-0.2, -0.15) is 4.52 Å². The highest BCUT2D eigenvalue weighted by molar-refractivity contribution is 5.77. The van der Waals surface area contributed by atoms with Crippen LogP contribution >= 0.6 is 0 Å². The second kappa shape index (κ2) is 11.7. The van der Waals surface area contributed by atoms with E-state index >= 15 is 0 Å². The van der Waals surface area contributed by atoms with E-state index in [0.29, 0.717) is 42.0 Å². The van der Waals surface area contributed by atoms with Crippen LogP contribution in [0.2, 0.25) is 0 Å². The zero-order valence-corrected chi connectivity index (χ0v) is 19.6. The molecule has 0 spiro atoms. The number of amides is 1. The van der Waals surface area contributed by atoms with Gasteiger partial charge in [0.1, 0.15) is 23.9 Å². The van der Waals surface area contributed by atoms with Gasteiger partial charge in [-0.25, -0.2) is 0 Å². The maximum Gasteiger partial charge on any atom is 0.258 e. The van der Waals surface area contributed by atoms with Crippen molar-refractivity contribution in [2.75, 3.05) is 33.5 Å². The molecule has 0 saturated heterocycles. The van der Waals surface area contributed by atoms with Gasteiger partial charge < -0.3 is 24.3 Å². The summed E-state index contributed by atoms with van der Waals surface area (Å²) in [5, 5.41) is 15.6. The molecule has 0 unspecified atom stereocenters. The predicted molar refractivity (Wildman–Crippen MR) is 129 cm³/mol. The minimum absolute atomic E-state index is 0.0949. The van der Waals surface area contributed by atoms with Gasteiger partial charge in [0.05, 0.1) is 25.8 Å². The molecule has 0 aliphatic heterocycles. The molecule has 0 saturated carbocycles. The van der Waals surface area contributed by atoms with Crippen molar-refractivity contribution in [3.63, 3.8) is 0 Å². The summed E-state index contributed by atoms with van der Waals surface area (Å²) in [7, 11) is 1.60. The number of carbonyl (C=O) groups excluding carboxylic acids is 1. The molecule has 4 aromatic rings. The minimum atomic E-state index is -0.249. The van der Waals surface area contributed by atoms with Crippen LogP contribution in [0.25, 0.3) is 17.0 Å². The summed E-state index contributed by atoms with van der Waals surface area (Å²) >= 11 is 0. The van der Waals surface area contributed by atoms with Gasteiger partial charge in [0, 0.05) is 6.07 Å². The van der Waals surface area contributed by atoms with E-state index in [1.807, 2.05) is 43.3 Å². The van der Waals surface area contributed by atoms with Crippen molar-refractivity contribution < 1.29 is 23.7 Å². The number of hydrogen-bond donors (Lipinski definition) is 1. The van der Waals surface area contributed by atoms with Gasteiger partial charge in [-0.15, -0.1) is 15.3 Å². The van der Waals surface area contributed by atoms with Crippen molar-refractivity contribution in [1.82, 2.24) is 25.1 Å². The van der Waals surface area contributed by atoms with Gasteiger partial charge >= 0.3 is 0 Å². The van der Waals surface area contributed by atoms with Gasteiger partial charge in [0.2, 0.25) is 5.88 Å². The molecule has 10 nitrogen and oxygen atoms in total. The number of rotatable bonds is 12. The fourth-order valence-electron chi connectivity index (χ4n) is 3.24. The number of para-hydroxylation sites is 1. The Morgan fingerprint density at radius 1 is 0.914 bits per heavy atom. The van der Waals surface area contributed by atoms with Crippen LogP contribution in [0.3, 0.4) is 0 Å². The Bertz CT molecular complexity index is 1260. The lowest BCUT2D eigenvalue weighted by molar-refractivity contribution is -0.123. The summed E-state index contributed by atoms with van der Waals surface area (Å²) in [5.74, 6) is 2.70. The van der Waals surface area contributed by atoms with Crippen LogP contribution in [0.15, 0.2) is 60.7 Å². The van der Waals surface area contributed by atoms with Gasteiger partial charge in [0.15, 0.2) is 18.1 Å². The Labute approximate surface area is 202 Å². The van der Waals surface area contributed by atoms with Crippen LogP contribution in [0.1, 0.15) is 13.3 Å². The zero-order chi connectivity index (χ0) is 24.5. The Hall–Kier alpha value is -4.34. The van der Waals surface area contributed by atoms with Crippen LogP contribution in [-0.2, 0) is 4.79 Å². The van der Waals surface area contributed by atoms with E-state index < -0.39 is 0 Å². The molecular formula is C25H27N5O5. The molecule has 0 atom stereocenters. The Morgan fingerprint density at radius 2 is 1.69 bits per heavy atom. The first-order valence-corrected chi connectivity index (χ1v) is 11.3. The number of fused-ring (bicyclic) bond motifs is 1. The number of aromatic nitrogens is 4. The molecule has 10 heteroatoms. The fraction of sp³-hybridized carbons (Fsp3) is 0.280. The molecule has 2 aromatic carbocycles. The monoisotopic (exact) mass is 477 g/mol. The lowest BCUT2D eigenvalue weighted by Gasteiger charge is -2.10. The third kappa shape index (κ3) is 6.17. The smallest absolute Gasteiger partial charge is 0.258 e. The lowest BCUT2D eigenvalue weighted by atomic mass is 10.2. The summed E-state index contributed by atoms with van der Waals surface area (Å²) in [4.78, 5) is 12.1. The molecule has 182 valence electrons. The van der Waals surface area contributed by atoms with Crippen LogP contribution in [-0.4, -0.2) is 59.2 Å². The van der Waals surface area contributed by atoms with Crippen molar-refractivity contribution in [2.45, 2.75) is 13.3 Å². The highest BCUT2D eigenvalue weighted by Crippen LogP contribution is 2.28. The van der Waals surface area contributed by atoms with E-state index in [9.17, 15) is 4.79 Å². The summed E-state index contributed by atoms with van der Waals surface area (Å²) < 4.78 is 23.8. The molecule has 0 bridgehead atoms. The molecule has 1 amide bonds. The SMILES string of the molecule is CCCOc1ccc(OCC(=O)NCCOc2ccc3nnc(-c4ccccc4OC)n3n2)cc1. The van der Waals surface area contributed by atoms with Crippen molar-refractivity contribution >= 4 is 11.6 Å². The highest BCUT2D eigenvalue weighted by Gasteiger charge is 2.14. The van der Waals surface area contributed by atoms with Crippen molar-refractivity contribution in [2.24, 2.45) is 0 Å². The van der Waals surface area contributed by atoms with Gasteiger partial charge in [0.25, 0.3) is 5.91 Å². The maximum absolute atomic E-state index is 12.1. The predicted octanol–water partition coefficient (Wildman–Crippen LogP) is 3.16. The third-order valence-electron chi connectivity index (χ3n) is 4.93. The van der Waals surface area contributed by atoms with Crippen LogP contribution in [0.4, 0.5) is 0 Å². The molecule has 0 aliphatic carbocycles. The molecule has 2 aromatic heterocycles. The maximum atomic E-state index is 12.1. The minimum Gasteiger partial charge on any atom is -0.496 e. The average Bonchev–Trinajstić information content (AvgIpc) is 3.32. The summed E-state index contributed by atoms with van der Waals surface area (Å²) in [5.41, 5.74) is 1.34. The molecule has 4 rings (SSSR count). The standard InChI is InChI=1S/C25H27N5O5/c1-3-15-33-18-8-10-19(11-9-18)35-17-23(31)26-14-16-34-24-13-12-22-27-28-25(30(22)29-24)20-6-4-5-7-21(20)32-2/h4-13H,3,14-17H2,1-2H3,(H,26,31). The van der Waals surface area contributed by atoms with Gasteiger partial charge in [-0.1, -0.05) is 19.1 Å². The van der Waals surface area contributed by atoms with E-state index in [1.54, 1.807) is 35.9 Å². The summed E-state index contributed by atoms with van der Waals surface area (Å²) in [6.45, 7) is 3.15. The second-order valence-corrected chi connectivity index (χ2v) is 7.47. The topological polar surface area (TPSA) is 109 Å². The molecule has 1 N–H and O–H groups in total. The molecule has 2 heterocycles. The molecule has 35 heavy (non-hydrogen) atoms. The molecule has 0 radical (unpaired) electrons. The largest absolute Gasteiger partial charge is 0.496 e. The van der Waals surface area contributed by atoms with Crippen LogP contribution in [0, 0.1) is 0 Å². The fourth-order valence-corrected chi connectivity index (χ4v) is 3.24. The Kier molecular flexibility index (Phi) is 7.95. The molecule has 0 fully saturated rings. The first-order chi connectivity index (χ1) is 17.2. The van der Waals surface area contributed by atoms with Crippen LogP contribution in [0.5, 0.6) is 23.1 Å². The van der Waals surface area contributed by atoms with Gasteiger partial charge in [-0.05, 0) is 48.9 Å². The molecule has 0 aliphatic rings. The first-order valence-electron chi connectivity index (χ1n) is 11.3. The second-order valence-electron chi connectivity index (χ2n) is 7.47. The number of methoxy groups -OCH3 is 1. The van der Waals surface area contributed by atoms with E-state index in [1.165, 1.54) is 0 Å². The van der Waals surface area contributed by atoms with E-state index in [0.717, 1.165) is 17.7 Å². The lowest BCUT2D eigenvalue weighted by Crippen LogP contribution is -2.32. The van der Waals surface area contributed by atoms with Crippen molar-refractivity contribution in [3.8, 4) is 34.5 Å². The van der Waals surface area contributed by atoms with E-state index in [4.69, 9.17) is 18.9 Å². The Morgan fingerprint density at radius 3 is 2.46 bits per heavy atom. The first kappa shape index (κ1) is 23.8. The number of hydrogen-bond acceptors (Lipinski definition) is 8. The van der Waals surface area contributed by atoms with Crippen molar-refractivity contribution in [1.29, 1.82) is 0 Å². The summed E-state index contributed by atoms with van der Waals surface area (Å²) in [6, 6.07) is 18.1. The average molecular weight is 478 g/mol. The third-order valence-corrected chi connectivity index (χ3v) is 4.93. The number of nitrogens with one attached hydrogen (secondary N) is 1. The number of ether oxygens (including phenoxy) is 4. The number of nitrogens with zero attached hydrogens (tertiary/aromatic N) is 4. The van der Waals surface area contributed by atoms with E-state index in [-0.39, 0.29) is 19.1 Å². The molecular weight excluding hydrogens is 450 g/mol. The van der Waals surface area contributed by atoms with Gasteiger partial charge in [-0.3, -0.25) is 4.79 Å². The van der Waals surface area contributed by atoms with Crippen molar-refractivity contribution in [3.05, 3.63) is 60.7 Å². The highest BCUT2D eigenvalue weighted by atomic mass is 16.5. The summed E-state index contributed by atoms with van der Waals surface area (Å²) in [6.07, 6.45) is 0.942.